The van der Waals surface area contributed by atoms with Crippen molar-refractivity contribution in [1.29, 1.82) is 0 Å². The summed E-state index contributed by atoms with van der Waals surface area (Å²) in [7, 11) is 1.65. The lowest BCUT2D eigenvalue weighted by Crippen LogP contribution is -2.15. The molecule has 138 valence electrons. The van der Waals surface area contributed by atoms with Crippen molar-refractivity contribution in [3.8, 4) is 17.1 Å². The van der Waals surface area contributed by atoms with Crippen molar-refractivity contribution >= 4 is 23.2 Å². The van der Waals surface area contributed by atoms with Gasteiger partial charge in [-0.05, 0) is 29.7 Å². The number of nitrogens with zero attached hydrogens (tertiary/aromatic N) is 4. The molecule has 0 fully saturated rings. The van der Waals surface area contributed by atoms with Gasteiger partial charge in [0.1, 0.15) is 5.75 Å². The Morgan fingerprint density at radius 1 is 1.11 bits per heavy atom. The number of nitrogens with two attached hydrogens (primary N) is 1. The molecule has 4 rings (SSSR count). The van der Waals surface area contributed by atoms with Gasteiger partial charge in [0.2, 0.25) is 5.16 Å². The van der Waals surface area contributed by atoms with Crippen molar-refractivity contribution < 1.29 is 4.74 Å². The van der Waals surface area contributed by atoms with Gasteiger partial charge in [-0.25, -0.2) is 0 Å². The van der Waals surface area contributed by atoms with Crippen molar-refractivity contribution in [2.24, 2.45) is 5.10 Å². The smallest absolute Gasteiger partial charge is 0.212 e. The molecule has 7 heteroatoms. The van der Waals surface area contributed by atoms with Crippen LogP contribution in [0.15, 0.2) is 52.7 Å². The SMILES string of the molecule is COc1ccccc1-c1nnc2n1N=C(c1ccc(C(C)C)cc1N)CS2. The first-order valence-electron chi connectivity index (χ1n) is 8.77. The number of aromatic nitrogens is 3. The second-order valence-electron chi connectivity index (χ2n) is 6.66. The van der Waals surface area contributed by atoms with Crippen LogP contribution in [0.1, 0.15) is 30.9 Å². The van der Waals surface area contributed by atoms with E-state index in [1.165, 1.54) is 5.56 Å². The highest BCUT2D eigenvalue weighted by Crippen LogP contribution is 2.33. The Hall–Kier alpha value is -2.80. The van der Waals surface area contributed by atoms with Crippen molar-refractivity contribution in [2.45, 2.75) is 24.9 Å². The highest BCUT2D eigenvalue weighted by molar-refractivity contribution is 7.99. The molecule has 0 saturated carbocycles. The van der Waals surface area contributed by atoms with Crippen molar-refractivity contribution in [3.63, 3.8) is 0 Å². The highest BCUT2D eigenvalue weighted by atomic mass is 32.2. The van der Waals surface area contributed by atoms with Crippen LogP contribution >= 0.6 is 11.8 Å². The van der Waals surface area contributed by atoms with Gasteiger partial charge in [0.05, 0.1) is 18.4 Å². The standard InChI is InChI=1S/C20H21N5OS/c1-12(2)13-8-9-14(16(21)10-13)17-11-27-20-23-22-19(25(20)24-17)15-6-4-5-7-18(15)26-3/h4-10,12H,11,21H2,1-3H3. The number of hydrogen-bond donors (Lipinski definition) is 1. The molecule has 0 unspecified atom stereocenters. The molecule has 0 bridgehead atoms. The van der Waals surface area contributed by atoms with E-state index in [0.29, 0.717) is 17.5 Å². The first-order chi connectivity index (χ1) is 13.1. The number of hydrogen-bond acceptors (Lipinski definition) is 6. The number of rotatable bonds is 4. The van der Waals surface area contributed by atoms with E-state index in [0.717, 1.165) is 33.4 Å². The first-order valence-corrected chi connectivity index (χ1v) is 9.76. The summed E-state index contributed by atoms with van der Waals surface area (Å²) in [6, 6.07) is 13.9. The minimum absolute atomic E-state index is 0.436. The summed E-state index contributed by atoms with van der Waals surface area (Å²) in [4.78, 5) is 0. The van der Waals surface area contributed by atoms with Crippen LogP contribution in [-0.4, -0.2) is 33.4 Å². The molecule has 1 aliphatic heterocycles. The van der Waals surface area contributed by atoms with Crippen LogP contribution < -0.4 is 10.5 Å². The van der Waals surface area contributed by atoms with Crippen LogP contribution in [0, 0.1) is 0 Å². The van der Waals surface area contributed by atoms with Crippen LogP contribution in [-0.2, 0) is 0 Å². The predicted molar refractivity (Wildman–Crippen MR) is 110 cm³/mol. The molecule has 0 aliphatic carbocycles. The maximum Gasteiger partial charge on any atom is 0.212 e. The summed E-state index contributed by atoms with van der Waals surface area (Å²) in [5.74, 6) is 2.53. The summed E-state index contributed by atoms with van der Waals surface area (Å²) in [6.07, 6.45) is 0. The zero-order valence-corrected chi connectivity index (χ0v) is 16.3. The summed E-state index contributed by atoms with van der Waals surface area (Å²) >= 11 is 1.60. The van der Waals surface area contributed by atoms with E-state index in [2.05, 4.69) is 36.2 Å². The van der Waals surface area contributed by atoms with Gasteiger partial charge >= 0.3 is 0 Å². The lowest BCUT2D eigenvalue weighted by molar-refractivity contribution is 0.416. The van der Waals surface area contributed by atoms with E-state index in [4.69, 9.17) is 15.6 Å². The van der Waals surface area contributed by atoms with Crippen LogP contribution in [0.4, 0.5) is 5.69 Å². The Labute approximate surface area is 162 Å². The van der Waals surface area contributed by atoms with E-state index in [-0.39, 0.29) is 0 Å². The summed E-state index contributed by atoms with van der Waals surface area (Å²) < 4.78 is 7.24. The van der Waals surface area contributed by atoms with Gasteiger partial charge in [0, 0.05) is 17.0 Å². The molecule has 2 N–H and O–H groups in total. The van der Waals surface area contributed by atoms with Crippen molar-refractivity contribution in [3.05, 3.63) is 53.6 Å². The third-order valence-electron chi connectivity index (χ3n) is 4.57. The number of fused-ring (bicyclic) bond motifs is 1. The molecule has 0 radical (unpaired) electrons. The largest absolute Gasteiger partial charge is 0.496 e. The minimum Gasteiger partial charge on any atom is -0.496 e. The van der Waals surface area contributed by atoms with E-state index in [9.17, 15) is 0 Å². The molecular formula is C20H21N5OS. The Kier molecular flexibility index (Phi) is 4.61. The van der Waals surface area contributed by atoms with Gasteiger partial charge in [0.25, 0.3) is 0 Å². The second kappa shape index (κ2) is 7.08. The molecule has 1 aliphatic rings. The fraction of sp³-hybridized carbons (Fsp3) is 0.250. The van der Waals surface area contributed by atoms with E-state index in [1.807, 2.05) is 30.3 Å². The van der Waals surface area contributed by atoms with Gasteiger partial charge in [-0.2, -0.15) is 9.78 Å². The third kappa shape index (κ3) is 3.19. The number of methoxy groups -OCH3 is 1. The number of anilines is 1. The van der Waals surface area contributed by atoms with Gasteiger partial charge < -0.3 is 10.5 Å². The number of ether oxygens (including phenoxy) is 1. The van der Waals surface area contributed by atoms with Gasteiger partial charge in [-0.1, -0.05) is 49.9 Å². The normalized spacial score (nSPS) is 13.4. The van der Waals surface area contributed by atoms with Crippen molar-refractivity contribution in [1.82, 2.24) is 14.9 Å². The summed E-state index contributed by atoms with van der Waals surface area (Å²) in [6.45, 7) is 4.32. The lowest BCUT2D eigenvalue weighted by atomic mass is 9.99. The lowest BCUT2D eigenvalue weighted by Gasteiger charge is -2.17. The molecule has 0 saturated heterocycles. The van der Waals surface area contributed by atoms with Crippen LogP contribution in [0.25, 0.3) is 11.4 Å². The third-order valence-corrected chi connectivity index (χ3v) is 5.50. The monoisotopic (exact) mass is 379 g/mol. The zero-order chi connectivity index (χ0) is 19.0. The van der Waals surface area contributed by atoms with Crippen LogP contribution in [0.2, 0.25) is 0 Å². The molecule has 6 nitrogen and oxygen atoms in total. The van der Waals surface area contributed by atoms with E-state index < -0.39 is 0 Å². The topological polar surface area (TPSA) is 78.3 Å². The maximum absolute atomic E-state index is 6.33. The fourth-order valence-corrected chi connectivity index (χ4v) is 3.89. The fourth-order valence-electron chi connectivity index (χ4n) is 3.06. The zero-order valence-electron chi connectivity index (χ0n) is 15.5. The average Bonchev–Trinajstić information content (AvgIpc) is 3.10. The molecule has 0 atom stereocenters. The Balaban J connectivity index is 1.79. The first kappa shape index (κ1) is 17.6. The van der Waals surface area contributed by atoms with Gasteiger partial charge in [-0.3, -0.25) is 0 Å². The maximum atomic E-state index is 6.33. The van der Waals surface area contributed by atoms with Crippen molar-refractivity contribution in [2.75, 3.05) is 18.6 Å². The number of benzene rings is 2. The molecule has 3 aromatic rings. The summed E-state index contributed by atoms with van der Waals surface area (Å²) in [5.41, 5.74) is 11.0. The highest BCUT2D eigenvalue weighted by Gasteiger charge is 2.23. The Morgan fingerprint density at radius 2 is 1.93 bits per heavy atom. The van der Waals surface area contributed by atoms with E-state index >= 15 is 0 Å². The number of para-hydroxylation sites is 1. The number of nitrogen functional groups attached to an aromatic ring is 1. The second-order valence-corrected chi connectivity index (χ2v) is 7.60. The Morgan fingerprint density at radius 3 is 2.67 bits per heavy atom. The molecule has 27 heavy (non-hydrogen) atoms. The summed E-state index contributed by atoms with van der Waals surface area (Å²) in [5, 5.41) is 14.2. The number of thioether (sulfide) groups is 1. The Bertz CT molecular complexity index is 1020. The van der Waals surface area contributed by atoms with Gasteiger partial charge in [-0.15, -0.1) is 10.2 Å². The minimum atomic E-state index is 0.436. The van der Waals surface area contributed by atoms with Crippen LogP contribution in [0.3, 0.4) is 0 Å². The van der Waals surface area contributed by atoms with E-state index in [1.54, 1.807) is 23.5 Å². The quantitative estimate of drug-likeness (QED) is 0.693. The molecule has 2 heterocycles. The molecule has 0 spiro atoms. The molecule has 1 aromatic heterocycles. The van der Waals surface area contributed by atoms with Gasteiger partial charge in [0.15, 0.2) is 5.82 Å². The molecular weight excluding hydrogens is 358 g/mol. The molecule has 0 amide bonds. The molecule has 2 aromatic carbocycles. The van der Waals surface area contributed by atoms with Crippen LogP contribution in [0.5, 0.6) is 5.75 Å². The average molecular weight is 379 g/mol. The predicted octanol–water partition coefficient (Wildman–Crippen LogP) is 4.02.